The molecule has 0 spiro atoms. The second kappa shape index (κ2) is 10.6. The molecule has 6 nitrogen and oxygen atoms in total. The van der Waals surface area contributed by atoms with Gasteiger partial charge in [-0.05, 0) is 53.9 Å². The van der Waals surface area contributed by atoms with E-state index in [0.29, 0.717) is 18.5 Å². The first kappa shape index (κ1) is 24.8. The maximum Gasteiger partial charge on any atom is 0.387 e. The summed E-state index contributed by atoms with van der Waals surface area (Å²) in [4.78, 5) is 29.8. The van der Waals surface area contributed by atoms with E-state index in [-0.39, 0.29) is 48.8 Å². The Balaban J connectivity index is 1.27. The number of benzene rings is 3. The summed E-state index contributed by atoms with van der Waals surface area (Å²) in [6, 6.07) is 19.0. The zero-order valence-corrected chi connectivity index (χ0v) is 19.9. The fourth-order valence-corrected chi connectivity index (χ4v) is 4.89. The van der Waals surface area contributed by atoms with Crippen LogP contribution in [0.5, 0.6) is 5.75 Å². The average Bonchev–Trinajstić information content (AvgIpc) is 3.34. The fourth-order valence-electron chi connectivity index (χ4n) is 4.89. The van der Waals surface area contributed by atoms with Crippen molar-refractivity contribution in [3.63, 3.8) is 0 Å². The molecule has 2 aliphatic rings. The summed E-state index contributed by atoms with van der Waals surface area (Å²) < 4.78 is 49.2. The van der Waals surface area contributed by atoms with Crippen molar-refractivity contribution in [3.05, 3.63) is 101 Å². The van der Waals surface area contributed by atoms with Gasteiger partial charge >= 0.3 is 6.61 Å². The first-order chi connectivity index (χ1) is 17.9. The molecule has 2 aliphatic heterocycles. The van der Waals surface area contributed by atoms with Gasteiger partial charge in [-0.25, -0.2) is 4.39 Å². The molecular formula is C28H25F3N2O4. The molecule has 0 N–H and O–H groups in total. The number of carbonyl (C=O) groups is 2. The van der Waals surface area contributed by atoms with Crippen molar-refractivity contribution in [2.45, 2.75) is 25.2 Å². The van der Waals surface area contributed by atoms with Crippen LogP contribution in [0.25, 0.3) is 0 Å². The maximum atomic E-state index is 13.3. The first-order valence-electron chi connectivity index (χ1n) is 12.0. The number of para-hydroxylation sites is 1. The molecule has 2 fully saturated rings. The lowest BCUT2D eigenvalue weighted by molar-refractivity contribution is -0.0515. The van der Waals surface area contributed by atoms with Crippen LogP contribution in [-0.4, -0.2) is 66.6 Å². The van der Waals surface area contributed by atoms with Crippen LogP contribution in [0.1, 0.15) is 31.8 Å². The number of halogens is 3. The third-order valence-corrected chi connectivity index (χ3v) is 6.71. The van der Waals surface area contributed by atoms with Crippen LogP contribution in [0.2, 0.25) is 0 Å². The Kier molecular flexibility index (Phi) is 7.14. The van der Waals surface area contributed by atoms with E-state index in [4.69, 9.17) is 4.74 Å². The number of rotatable bonds is 6. The Morgan fingerprint density at radius 2 is 1.59 bits per heavy atom. The van der Waals surface area contributed by atoms with Crippen LogP contribution in [0.4, 0.5) is 13.2 Å². The smallest absolute Gasteiger partial charge is 0.387 e. The monoisotopic (exact) mass is 510 g/mol. The molecule has 2 heterocycles. The van der Waals surface area contributed by atoms with Crippen molar-refractivity contribution in [1.29, 1.82) is 0 Å². The van der Waals surface area contributed by atoms with E-state index < -0.39 is 18.6 Å². The summed E-state index contributed by atoms with van der Waals surface area (Å²) in [5.41, 5.74) is 2.51. The Morgan fingerprint density at radius 1 is 0.919 bits per heavy atom. The number of nitrogens with zero attached hydrogens (tertiary/aromatic N) is 2. The summed E-state index contributed by atoms with van der Waals surface area (Å²) in [6.07, 6.45) is 0.243. The van der Waals surface area contributed by atoms with E-state index >= 15 is 0 Å². The van der Waals surface area contributed by atoms with Crippen molar-refractivity contribution in [2.24, 2.45) is 0 Å². The van der Waals surface area contributed by atoms with Crippen LogP contribution in [-0.2, 0) is 11.2 Å². The molecule has 0 unspecified atom stereocenters. The zero-order valence-electron chi connectivity index (χ0n) is 19.9. The lowest BCUT2D eigenvalue weighted by atomic mass is 10.0. The zero-order chi connectivity index (χ0) is 25.9. The van der Waals surface area contributed by atoms with Gasteiger partial charge in [-0.15, -0.1) is 0 Å². The molecule has 2 amide bonds. The lowest BCUT2D eigenvalue weighted by Gasteiger charge is -2.37. The Bertz CT molecular complexity index is 1270. The SMILES string of the molecule is O=C(c1ccc(Cc2ccc(F)cc2)cc1)N1C[C@H]2OCCN(C(=O)c3ccccc3OC(F)F)[C@H]2C1. The lowest BCUT2D eigenvalue weighted by Crippen LogP contribution is -2.53. The summed E-state index contributed by atoms with van der Waals surface area (Å²) in [6.45, 7) is -1.90. The standard InChI is InChI=1S/C28H25F3N2O4/c29-21-11-7-19(8-12-21)15-18-5-9-20(10-6-18)26(34)32-16-23-25(17-32)36-14-13-33(23)27(35)22-3-1-2-4-24(22)37-28(30)31/h1-12,23,25,28H,13-17H2/t23-,25+/m0/s1. The van der Waals surface area contributed by atoms with E-state index in [0.717, 1.165) is 11.1 Å². The van der Waals surface area contributed by atoms with Crippen LogP contribution < -0.4 is 4.74 Å². The van der Waals surface area contributed by atoms with Gasteiger partial charge in [0, 0.05) is 25.2 Å². The highest BCUT2D eigenvalue weighted by Gasteiger charge is 2.44. The third kappa shape index (κ3) is 5.46. The minimum absolute atomic E-state index is 0.0463. The second-order valence-corrected chi connectivity index (χ2v) is 9.06. The predicted octanol–water partition coefficient (Wildman–Crippen LogP) is 4.38. The number of ether oxygens (including phenoxy) is 2. The number of hydrogen-bond acceptors (Lipinski definition) is 4. The molecule has 37 heavy (non-hydrogen) atoms. The molecule has 2 atom stereocenters. The van der Waals surface area contributed by atoms with E-state index in [9.17, 15) is 22.8 Å². The van der Waals surface area contributed by atoms with Gasteiger partial charge in [0.25, 0.3) is 11.8 Å². The van der Waals surface area contributed by atoms with Gasteiger partial charge in [-0.1, -0.05) is 36.4 Å². The molecule has 0 bridgehead atoms. The average molecular weight is 511 g/mol. The summed E-state index contributed by atoms with van der Waals surface area (Å²) in [5, 5.41) is 0. The van der Waals surface area contributed by atoms with Crippen molar-refractivity contribution >= 4 is 11.8 Å². The number of morpholine rings is 1. The largest absolute Gasteiger partial charge is 0.434 e. The Hall–Kier alpha value is -3.85. The molecule has 0 aliphatic carbocycles. The second-order valence-electron chi connectivity index (χ2n) is 9.06. The molecule has 2 saturated heterocycles. The van der Waals surface area contributed by atoms with Crippen molar-refractivity contribution in [2.75, 3.05) is 26.2 Å². The van der Waals surface area contributed by atoms with Gasteiger partial charge in [-0.2, -0.15) is 8.78 Å². The Morgan fingerprint density at radius 3 is 2.30 bits per heavy atom. The third-order valence-electron chi connectivity index (χ3n) is 6.71. The molecular weight excluding hydrogens is 485 g/mol. The van der Waals surface area contributed by atoms with Gasteiger partial charge in [0.1, 0.15) is 11.6 Å². The molecule has 5 rings (SSSR count). The number of carbonyl (C=O) groups excluding carboxylic acids is 2. The normalized spacial score (nSPS) is 19.1. The molecule has 3 aromatic rings. The van der Waals surface area contributed by atoms with Gasteiger partial charge in [-0.3, -0.25) is 9.59 Å². The maximum absolute atomic E-state index is 13.3. The highest BCUT2D eigenvalue weighted by Crippen LogP contribution is 2.29. The van der Waals surface area contributed by atoms with Crippen molar-refractivity contribution in [1.82, 2.24) is 9.80 Å². The van der Waals surface area contributed by atoms with Crippen molar-refractivity contribution in [3.8, 4) is 5.75 Å². The summed E-state index contributed by atoms with van der Waals surface area (Å²) in [7, 11) is 0. The van der Waals surface area contributed by atoms with E-state index in [2.05, 4.69) is 4.74 Å². The number of alkyl halides is 2. The van der Waals surface area contributed by atoms with Gasteiger partial charge in [0.15, 0.2) is 0 Å². The minimum atomic E-state index is -3.05. The summed E-state index contributed by atoms with van der Waals surface area (Å²) in [5.74, 6) is -1.09. The number of fused-ring (bicyclic) bond motifs is 1. The highest BCUT2D eigenvalue weighted by atomic mass is 19.3. The molecule has 0 aromatic heterocycles. The number of amides is 2. The van der Waals surface area contributed by atoms with E-state index in [1.54, 1.807) is 40.1 Å². The van der Waals surface area contributed by atoms with Crippen LogP contribution in [0.15, 0.2) is 72.8 Å². The van der Waals surface area contributed by atoms with Crippen LogP contribution in [0.3, 0.4) is 0 Å². The Labute approximate surface area is 212 Å². The predicted molar refractivity (Wildman–Crippen MR) is 129 cm³/mol. The van der Waals surface area contributed by atoms with E-state index in [1.165, 1.54) is 30.3 Å². The van der Waals surface area contributed by atoms with Crippen LogP contribution in [0, 0.1) is 5.82 Å². The molecule has 0 saturated carbocycles. The quantitative estimate of drug-likeness (QED) is 0.494. The van der Waals surface area contributed by atoms with Gasteiger partial charge < -0.3 is 19.3 Å². The molecule has 9 heteroatoms. The highest BCUT2D eigenvalue weighted by molar-refractivity contribution is 5.98. The van der Waals surface area contributed by atoms with Gasteiger partial charge in [0.05, 0.1) is 24.3 Å². The topological polar surface area (TPSA) is 59.1 Å². The van der Waals surface area contributed by atoms with Crippen molar-refractivity contribution < 1.29 is 32.2 Å². The number of hydrogen-bond donors (Lipinski definition) is 0. The fraction of sp³-hybridized carbons (Fsp3) is 0.286. The van der Waals surface area contributed by atoms with Gasteiger partial charge in [0.2, 0.25) is 0 Å². The molecule has 3 aromatic carbocycles. The first-order valence-corrected chi connectivity index (χ1v) is 12.0. The number of likely N-dealkylation sites (tertiary alicyclic amines) is 1. The summed E-state index contributed by atoms with van der Waals surface area (Å²) >= 11 is 0. The van der Waals surface area contributed by atoms with Crippen LogP contribution >= 0.6 is 0 Å². The van der Waals surface area contributed by atoms with E-state index in [1.807, 2.05) is 12.1 Å². The minimum Gasteiger partial charge on any atom is -0.434 e. The molecule has 0 radical (unpaired) electrons. The molecule has 192 valence electrons.